The number of ketones is 1. The highest BCUT2D eigenvalue weighted by Crippen LogP contribution is 2.73. The Balaban J connectivity index is 1.80. The molecule has 2 unspecified atom stereocenters. The number of fused-ring (bicyclic) bond motifs is 5. The van der Waals surface area contributed by atoms with E-state index in [0.29, 0.717) is 6.42 Å². The maximum absolute atomic E-state index is 16.9. The van der Waals surface area contributed by atoms with Gasteiger partial charge in [-0.05, 0) is 74.5 Å². The monoisotopic (exact) mass is 410 g/mol. The number of rotatable bonds is 3. The lowest BCUT2D eigenvalue weighted by Gasteiger charge is -2.63. The molecule has 0 aromatic carbocycles. The van der Waals surface area contributed by atoms with Gasteiger partial charge in [0.15, 0.2) is 11.5 Å². The molecule has 0 aliphatic heterocycles. The molecule has 4 rings (SSSR count). The summed E-state index contributed by atoms with van der Waals surface area (Å²) < 4.78 is 17.0. The maximum atomic E-state index is 16.9. The van der Waals surface area contributed by atoms with Crippen LogP contribution < -0.4 is 0 Å². The highest BCUT2D eigenvalue weighted by molar-refractivity contribution is 8.18. The molecule has 27 heavy (non-hydrogen) atoms. The van der Waals surface area contributed by atoms with Crippen molar-refractivity contribution < 1.29 is 14.3 Å². The van der Waals surface area contributed by atoms with E-state index in [1.54, 1.807) is 12.2 Å². The van der Waals surface area contributed by atoms with Crippen LogP contribution in [0.3, 0.4) is 0 Å². The summed E-state index contributed by atoms with van der Waals surface area (Å²) in [5.74, 6) is 1.11. The number of halogens is 1. The number of aliphatic hydroxyl groups is 1. The Hall–Kier alpha value is -0.260. The first-order valence-electron chi connectivity index (χ1n) is 10.2. The second-order valence-corrected chi connectivity index (χ2v) is 12.1. The molecule has 0 aromatic rings. The summed E-state index contributed by atoms with van der Waals surface area (Å²) in [4.78, 5) is 11.9. The van der Waals surface area contributed by atoms with Crippen molar-refractivity contribution in [2.45, 2.75) is 68.7 Å². The minimum atomic E-state index is -1.69. The molecule has 3 saturated carbocycles. The number of aliphatic hydroxyl groups excluding tert-OH is 1. The van der Waals surface area contributed by atoms with Gasteiger partial charge in [0.1, 0.15) is 0 Å². The molecule has 0 heterocycles. The van der Waals surface area contributed by atoms with E-state index in [1.165, 1.54) is 6.08 Å². The van der Waals surface area contributed by atoms with E-state index in [0.717, 1.165) is 37.0 Å². The molecule has 0 aromatic heterocycles. The van der Waals surface area contributed by atoms with Crippen molar-refractivity contribution in [2.24, 2.45) is 22.7 Å². The van der Waals surface area contributed by atoms with Crippen molar-refractivity contribution in [3.63, 3.8) is 0 Å². The number of hydrogen-bond acceptors (Lipinski definition) is 4. The van der Waals surface area contributed by atoms with Gasteiger partial charge in [0, 0.05) is 11.3 Å². The van der Waals surface area contributed by atoms with E-state index < -0.39 is 17.2 Å². The third kappa shape index (κ3) is 2.34. The summed E-state index contributed by atoms with van der Waals surface area (Å²) in [5.41, 5.74) is -1.76. The second kappa shape index (κ2) is 6.37. The molecule has 150 valence electrons. The standard InChI is InChI=1S/C22H31FO2S2/c1-5-27-21(26-4)11-9-16-17-7-6-14-12-15(24)8-10-19(14,2)22(17,23)18(25)13-20(16,21)3/h8,10,12,16-18,25H,5-7,9,11,13H2,1-4H3/t16-,17-,18-,19-,20-,21?,22?/m0/s1. The molecule has 0 spiro atoms. The van der Waals surface area contributed by atoms with E-state index >= 15 is 4.39 Å². The fraction of sp³-hybridized carbons (Fsp3) is 0.773. The number of carbonyl (C=O) groups is 1. The van der Waals surface area contributed by atoms with E-state index in [1.807, 2.05) is 30.4 Å². The number of thioether (sulfide) groups is 2. The van der Waals surface area contributed by atoms with Crippen LogP contribution in [0.2, 0.25) is 0 Å². The van der Waals surface area contributed by atoms with Gasteiger partial charge in [-0.2, -0.15) is 0 Å². The molecule has 0 saturated heterocycles. The topological polar surface area (TPSA) is 37.3 Å². The van der Waals surface area contributed by atoms with Gasteiger partial charge in [-0.25, -0.2) is 4.39 Å². The average Bonchev–Trinajstić information content (AvgIpc) is 2.90. The normalized spacial score (nSPS) is 51.4. The maximum Gasteiger partial charge on any atom is 0.178 e. The zero-order valence-electron chi connectivity index (χ0n) is 16.8. The van der Waals surface area contributed by atoms with Gasteiger partial charge < -0.3 is 5.11 Å². The van der Waals surface area contributed by atoms with Crippen LogP contribution in [0.1, 0.15) is 52.9 Å². The first kappa shape index (κ1) is 20.0. The Morgan fingerprint density at radius 3 is 2.70 bits per heavy atom. The van der Waals surface area contributed by atoms with Gasteiger partial charge >= 0.3 is 0 Å². The zero-order chi connectivity index (χ0) is 19.7. The van der Waals surface area contributed by atoms with Crippen molar-refractivity contribution in [3.05, 3.63) is 23.8 Å². The fourth-order valence-electron chi connectivity index (χ4n) is 7.02. The Bertz CT molecular complexity index is 721. The Kier molecular flexibility index (Phi) is 4.72. The highest BCUT2D eigenvalue weighted by Gasteiger charge is 2.72. The fourth-order valence-corrected chi connectivity index (χ4v) is 10.2. The van der Waals surface area contributed by atoms with Gasteiger partial charge in [0.05, 0.1) is 10.2 Å². The number of carbonyl (C=O) groups excluding carboxylic acids is 1. The summed E-state index contributed by atoms with van der Waals surface area (Å²) >= 11 is 3.90. The Labute approximate surface area is 170 Å². The van der Waals surface area contributed by atoms with Crippen LogP contribution in [0.15, 0.2) is 23.8 Å². The molecule has 4 aliphatic carbocycles. The molecule has 2 nitrogen and oxygen atoms in total. The van der Waals surface area contributed by atoms with Gasteiger partial charge in [-0.3, -0.25) is 4.79 Å². The molecule has 7 atom stereocenters. The van der Waals surface area contributed by atoms with Crippen LogP contribution >= 0.6 is 23.5 Å². The van der Waals surface area contributed by atoms with Crippen molar-refractivity contribution in [2.75, 3.05) is 12.0 Å². The smallest absolute Gasteiger partial charge is 0.178 e. The lowest BCUT2D eigenvalue weighted by Crippen LogP contribution is -2.67. The largest absolute Gasteiger partial charge is 0.390 e. The van der Waals surface area contributed by atoms with Crippen LogP contribution in [0.4, 0.5) is 4.39 Å². The number of allylic oxidation sites excluding steroid dienone is 4. The molecule has 3 fully saturated rings. The summed E-state index contributed by atoms with van der Waals surface area (Å²) in [7, 11) is 0. The first-order valence-corrected chi connectivity index (χ1v) is 12.4. The van der Waals surface area contributed by atoms with E-state index in [4.69, 9.17) is 0 Å². The third-order valence-corrected chi connectivity index (χ3v) is 12.0. The van der Waals surface area contributed by atoms with Crippen molar-refractivity contribution in [3.8, 4) is 0 Å². The lowest BCUT2D eigenvalue weighted by molar-refractivity contribution is -0.189. The predicted molar refractivity (Wildman–Crippen MR) is 113 cm³/mol. The number of hydrogen-bond donors (Lipinski definition) is 1. The first-order chi connectivity index (χ1) is 12.7. The molecule has 0 radical (unpaired) electrons. The van der Waals surface area contributed by atoms with Crippen molar-refractivity contribution in [1.82, 2.24) is 0 Å². The lowest BCUT2D eigenvalue weighted by atomic mass is 9.46. The zero-order valence-corrected chi connectivity index (χ0v) is 18.4. The van der Waals surface area contributed by atoms with Crippen LogP contribution in [0, 0.1) is 22.7 Å². The highest BCUT2D eigenvalue weighted by atomic mass is 32.2. The van der Waals surface area contributed by atoms with E-state index in [-0.39, 0.29) is 27.1 Å². The van der Waals surface area contributed by atoms with Crippen LogP contribution in [0.25, 0.3) is 0 Å². The molecule has 1 N–H and O–H groups in total. The number of alkyl halides is 1. The van der Waals surface area contributed by atoms with Crippen LogP contribution in [-0.4, -0.2) is 38.8 Å². The Morgan fingerprint density at radius 1 is 1.30 bits per heavy atom. The van der Waals surface area contributed by atoms with E-state index in [9.17, 15) is 9.90 Å². The van der Waals surface area contributed by atoms with Gasteiger partial charge in [0.2, 0.25) is 0 Å². The minimum absolute atomic E-state index is 0.0544. The summed E-state index contributed by atoms with van der Waals surface area (Å²) in [6, 6.07) is 0. The van der Waals surface area contributed by atoms with Gasteiger partial charge in [-0.1, -0.05) is 25.5 Å². The molecule has 0 bridgehead atoms. The SMILES string of the molecule is CCSC1(SC)CC[C@H]2[C@@H]3CCC4=CC(=O)C=C[C@]4(C)C3(F)[C@@H](O)C[C@@]21C. The predicted octanol–water partition coefficient (Wildman–Crippen LogP) is 5.17. The van der Waals surface area contributed by atoms with Gasteiger partial charge in [-0.15, -0.1) is 23.5 Å². The molecular weight excluding hydrogens is 379 g/mol. The summed E-state index contributed by atoms with van der Waals surface area (Å²) in [5, 5.41) is 11.3. The summed E-state index contributed by atoms with van der Waals surface area (Å²) in [6.07, 6.45) is 10.2. The van der Waals surface area contributed by atoms with Crippen molar-refractivity contribution >= 4 is 29.3 Å². The second-order valence-electron chi connectivity index (χ2n) is 9.19. The molecule has 4 aliphatic rings. The van der Waals surface area contributed by atoms with Crippen molar-refractivity contribution in [1.29, 1.82) is 0 Å². The molecular formula is C22H31FO2S2. The van der Waals surface area contributed by atoms with Gasteiger partial charge in [0.25, 0.3) is 0 Å². The minimum Gasteiger partial charge on any atom is -0.390 e. The van der Waals surface area contributed by atoms with E-state index in [2.05, 4.69) is 20.1 Å². The Morgan fingerprint density at radius 2 is 2.04 bits per heavy atom. The average molecular weight is 411 g/mol. The molecule has 5 heteroatoms. The quantitative estimate of drug-likeness (QED) is 0.651. The third-order valence-electron chi connectivity index (χ3n) is 8.39. The molecule has 0 amide bonds. The van der Waals surface area contributed by atoms with Crippen LogP contribution in [-0.2, 0) is 4.79 Å². The van der Waals surface area contributed by atoms with Crippen LogP contribution in [0.5, 0.6) is 0 Å². The summed E-state index contributed by atoms with van der Waals surface area (Å²) in [6.45, 7) is 6.40.